The topological polar surface area (TPSA) is 41.9 Å². The molecule has 0 bridgehead atoms. The van der Waals surface area contributed by atoms with Crippen molar-refractivity contribution in [3.05, 3.63) is 72.9 Å². The first-order chi connectivity index (χ1) is 9.45. The number of nitrogens with zero attached hydrogens (tertiary/aromatic N) is 4. The summed E-state index contributed by atoms with van der Waals surface area (Å²) in [6.07, 6.45) is 1.64. The van der Waals surface area contributed by atoms with Crippen molar-refractivity contribution in [2.75, 3.05) is 4.90 Å². The summed E-state index contributed by atoms with van der Waals surface area (Å²) in [5, 5.41) is 11.5. The van der Waals surface area contributed by atoms with E-state index in [4.69, 9.17) is 0 Å². The Morgan fingerprint density at radius 1 is 0.684 bits per heavy atom. The Balaban J connectivity index is 2.12. The Kier molecular flexibility index (Phi) is 3.14. The average Bonchev–Trinajstić information content (AvgIpc) is 2.51. The SMILES string of the molecule is c1ccc(N(c2ccccc2)c2ccnnn2)cc1. The van der Waals surface area contributed by atoms with E-state index in [9.17, 15) is 0 Å². The molecule has 4 heteroatoms. The summed E-state index contributed by atoms with van der Waals surface area (Å²) in [5.41, 5.74) is 2.07. The molecule has 0 unspecified atom stereocenters. The first-order valence-corrected chi connectivity index (χ1v) is 6.00. The van der Waals surface area contributed by atoms with Gasteiger partial charge in [-0.15, -0.1) is 10.2 Å². The van der Waals surface area contributed by atoms with Crippen molar-refractivity contribution in [1.82, 2.24) is 15.4 Å². The largest absolute Gasteiger partial charge is 0.293 e. The van der Waals surface area contributed by atoms with Crippen LogP contribution in [0.25, 0.3) is 0 Å². The molecular weight excluding hydrogens is 236 g/mol. The van der Waals surface area contributed by atoms with Crippen LogP contribution < -0.4 is 4.90 Å². The van der Waals surface area contributed by atoms with E-state index in [1.54, 1.807) is 6.20 Å². The van der Waals surface area contributed by atoms with Gasteiger partial charge in [-0.3, -0.25) is 4.90 Å². The number of rotatable bonds is 3. The van der Waals surface area contributed by atoms with E-state index in [2.05, 4.69) is 15.4 Å². The fourth-order valence-corrected chi connectivity index (χ4v) is 1.92. The summed E-state index contributed by atoms with van der Waals surface area (Å²) in [5.74, 6) is 0.743. The van der Waals surface area contributed by atoms with E-state index >= 15 is 0 Å². The molecule has 1 aromatic heterocycles. The molecule has 0 radical (unpaired) electrons. The number of benzene rings is 2. The van der Waals surface area contributed by atoms with Crippen LogP contribution in [0.3, 0.4) is 0 Å². The summed E-state index contributed by atoms with van der Waals surface area (Å²) in [4.78, 5) is 2.04. The Morgan fingerprint density at radius 2 is 1.26 bits per heavy atom. The molecule has 0 aliphatic heterocycles. The lowest BCUT2D eigenvalue weighted by molar-refractivity contribution is 0.859. The van der Waals surface area contributed by atoms with Gasteiger partial charge in [0.1, 0.15) is 0 Å². The number of hydrogen-bond acceptors (Lipinski definition) is 4. The van der Waals surface area contributed by atoms with Crippen LogP contribution in [0.15, 0.2) is 72.9 Å². The molecule has 3 rings (SSSR count). The van der Waals surface area contributed by atoms with Gasteiger partial charge in [0.15, 0.2) is 5.82 Å². The lowest BCUT2D eigenvalue weighted by Crippen LogP contribution is -2.12. The predicted molar refractivity (Wildman–Crippen MR) is 74.5 cm³/mol. The fraction of sp³-hybridized carbons (Fsp3) is 0. The molecular formula is C15H12N4. The van der Waals surface area contributed by atoms with Crippen LogP contribution in [0.5, 0.6) is 0 Å². The van der Waals surface area contributed by atoms with Gasteiger partial charge in [-0.1, -0.05) is 36.4 Å². The van der Waals surface area contributed by atoms with E-state index in [1.165, 1.54) is 0 Å². The molecule has 0 spiro atoms. The third kappa shape index (κ3) is 2.42. The summed E-state index contributed by atoms with van der Waals surface area (Å²) < 4.78 is 0. The Morgan fingerprint density at radius 3 is 1.74 bits per heavy atom. The second-order valence-electron chi connectivity index (χ2n) is 3.99. The lowest BCUT2D eigenvalue weighted by atomic mass is 10.2. The molecule has 2 aromatic carbocycles. The van der Waals surface area contributed by atoms with Crippen molar-refractivity contribution >= 4 is 17.2 Å². The number of hydrogen-bond donors (Lipinski definition) is 0. The number of aromatic nitrogens is 3. The minimum Gasteiger partial charge on any atom is -0.293 e. The maximum Gasteiger partial charge on any atom is 0.163 e. The fourth-order valence-electron chi connectivity index (χ4n) is 1.92. The zero-order valence-corrected chi connectivity index (χ0v) is 10.2. The van der Waals surface area contributed by atoms with Crippen LogP contribution in [-0.2, 0) is 0 Å². The highest BCUT2D eigenvalue weighted by atomic mass is 15.4. The van der Waals surface area contributed by atoms with Crippen LogP contribution in [0.4, 0.5) is 17.2 Å². The Bertz CT molecular complexity index is 532. The highest BCUT2D eigenvalue weighted by molar-refractivity contribution is 5.73. The van der Waals surface area contributed by atoms with Gasteiger partial charge in [-0.05, 0) is 29.5 Å². The Labute approximate surface area is 111 Å². The van der Waals surface area contributed by atoms with Gasteiger partial charge < -0.3 is 0 Å². The first kappa shape index (κ1) is 11.3. The van der Waals surface area contributed by atoms with E-state index < -0.39 is 0 Å². The molecule has 0 fully saturated rings. The quantitative estimate of drug-likeness (QED) is 0.713. The monoisotopic (exact) mass is 248 g/mol. The van der Waals surface area contributed by atoms with Crippen molar-refractivity contribution in [1.29, 1.82) is 0 Å². The molecule has 19 heavy (non-hydrogen) atoms. The summed E-state index contributed by atoms with van der Waals surface area (Å²) >= 11 is 0. The van der Waals surface area contributed by atoms with Gasteiger partial charge in [-0.25, -0.2) is 0 Å². The van der Waals surface area contributed by atoms with Crippen LogP contribution in [-0.4, -0.2) is 15.4 Å². The third-order valence-corrected chi connectivity index (χ3v) is 2.75. The highest BCUT2D eigenvalue weighted by Crippen LogP contribution is 2.31. The maximum absolute atomic E-state index is 4.10. The zero-order chi connectivity index (χ0) is 12.9. The van der Waals surface area contributed by atoms with Crippen LogP contribution in [0.2, 0.25) is 0 Å². The first-order valence-electron chi connectivity index (χ1n) is 6.00. The lowest BCUT2D eigenvalue weighted by Gasteiger charge is -2.23. The van der Waals surface area contributed by atoms with Gasteiger partial charge in [-0.2, -0.15) is 0 Å². The Hall–Kier alpha value is -2.75. The van der Waals surface area contributed by atoms with Crippen molar-refractivity contribution < 1.29 is 0 Å². The molecule has 0 atom stereocenters. The molecule has 0 aliphatic carbocycles. The number of anilines is 3. The molecule has 1 heterocycles. The van der Waals surface area contributed by atoms with E-state index in [1.807, 2.05) is 71.6 Å². The van der Waals surface area contributed by atoms with E-state index in [-0.39, 0.29) is 0 Å². The van der Waals surface area contributed by atoms with Crippen LogP contribution >= 0.6 is 0 Å². The van der Waals surface area contributed by atoms with Crippen molar-refractivity contribution in [2.24, 2.45) is 0 Å². The van der Waals surface area contributed by atoms with Crippen LogP contribution in [0.1, 0.15) is 0 Å². The molecule has 0 saturated carbocycles. The van der Waals surface area contributed by atoms with Gasteiger partial charge in [0, 0.05) is 17.4 Å². The normalized spacial score (nSPS) is 10.1. The molecule has 0 aliphatic rings. The average molecular weight is 248 g/mol. The van der Waals surface area contributed by atoms with Gasteiger partial charge in [0.2, 0.25) is 0 Å². The summed E-state index contributed by atoms with van der Waals surface area (Å²) in [7, 11) is 0. The van der Waals surface area contributed by atoms with Crippen LogP contribution in [0, 0.1) is 0 Å². The maximum atomic E-state index is 4.10. The van der Waals surface area contributed by atoms with Crippen molar-refractivity contribution in [3.8, 4) is 0 Å². The van der Waals surface area contributed by atoms with Gasteiger partial charge in [0.25, 0.3) is 0 Å². The van der Waals surface area contributed by atoms with Gasteiger partial charge in [0.05, 0.1) is 6.20 Å². The molecule has 3 aromatic rings. The summed E-state index contributed by atoms with van der Waals surface area (Å²) in [6.45, 7) is 0. The molecule has 4 nitrogen and oxygen atoms in total. The molecule has 0 saturated heterocycles. The van der Waals surface area contributed by atoms with E-state index in [0.29, 0.717) is 0 Å². The van der Waals surface area contributed by atoms with Crippen molar-refractivity contribution in [3.63, 3.8) is 0 Å². The second-order valence-corrected chi connectivity index (χ2v) is 3.99. The standard InChI is InChI=1S/C15H12N4/c1-3-7-13(8-4-1)19(14-9-5-2-6-10-14)15-11-12-16-18-17-15/h1-12H. The molecule has 0 amide bonds. The highest BCUT2D eigenvalue weighted by Gasteiger charge is 2.12. The zero-order valence-electron chi connectivity index (χ0n) is 10.2. The summed E-state index contributed by atoms with van der Waals surface area (Å²) in [6, 6.07) is 22.0. The number of para-hydroxylation sites is 2. The smallest absolute Gasteiger partial charge is 0.163 e. The minimum atomic E-state index is 0.743. The minimum absolute atomic E-state index is 0.743. The van der Waals surface area contributed by atoms with Crippen molar-refractivity contribution in [2.45, 2.75) is 0 Å². The van der Waals surface area contributed by atoms with Gasteiger partial charge >= 0.3 is 0 Å². The second kappa shape index (κ2) is 5.27. The molecule has 92 valence electrons. The third-order valence-electron chi connectivity index (χ3n) is 2.75. The predicted octanol–water partition coefficient (Wildman–Crippen LogP) is 3.34. The molecule has 0 N–H and O–H groups in total. The van der Waals surface area contributed by atoms with E-state index in [0.717, 1.165) is 17.2 Å².